The van der Waals surface area contributed by atoms with Crippen molar-refractivity contribution in [3.05, 3.63) is 95.3 Å². The van der Waals surface area contributed by atoms with Crippen LogP contribution in [0, 0.1) is 0 Å². The molecule has 0 aliphatic carbocycles. The normalized spacial score (nSPS) is 14.1. The first-order valence-corrected chi connectivity index (χ1v) is 11.3. The first kappa shape index (κ1) is 20.3. The molecule has 30 heavy (non-hydrogen) atoms. The molecule has 3 aromatic rings. The summed E-state index contributed by atoms with van der Waals surface area (Å²) in [6.45, 7) is 1.20. The van der Waals surface area contributed by atoms with E-state index in [0.29, 0.717) is 38.0 Å². The Morgan fingerprint density at radius 2 is 1.80 bits per heavy atom. The molecule has 0 saturated carbocycles. The lowest BCUT2D eigenvalue weighted by Crippen LogP contribution is -2.36. The van der Waals surface area contributed by atoms with E-state index in [2.05, 4.69) is 10.3 Å². The van der Waals surface area contributed by atoms with Crippen LogP contribution in [-0.4, -0.2) is 36.7 Å². The van der Waals surface area contributed by atoms with Crippen LogP contribution in [0.3, 0.4) is 0 Å². The number of pyridine rings is 1. The van der Waals surface area contributed by atoms with Crippen molar-refractivity contribution >= 4 is 15.9 Å². The predicted molar refractivity (Wildman–Crippen MR) is 114 cm³/mol. The van der Waals surface area contributed by atoms with Gasteiger partial charge in [0.15, 0.2) is 0 Å². The highest BCUT2D eigenvalue weighted by Gasteiger charge is 2.28. The Morgan fingerprint density at radius 3 is 2.60 bits per heavy atom. The number of aromatic nitrogens is 1. The Balaban J connectivity index is 1.45. The molecule has 7 heteroatoms. The van der Waals surface area contributed by atoms with Crippen LogP contribution in [0.25, 0.3) is 0 Å². The monoisotopic (exact) mass is 421 g/mol. The van der Waals surface area contributed by atoms with Gasteiger partial charge in [-0.25, -0.2) is 8.42 Å². The highest BCUT2D eigenvalue weighted by molar-refractivity contribution is 7.89. The Morgan fingerprint density at radius 1 is 1.00 bits per heavy atom. The first-order valence-electron chi connectivity index (χ1n) is 9.89. The Labute approximate surface area is 176 Å². The largest absolute Gasteiger partial charge is 0.352 e. The van der Waals surface area contributed by atoms with Crippen LogP contribution in [0.2, 0.25) is 0 Å². The molecular formula is C23H23N3O3S. The number of amides is 1. The number of hydrogen-bond donors (Lipinski definition) is 1. The third kappa shape index (κ3) is 4.42. The molecule has 2 aromatic carbocycles. The third-order valence-electron chi connectivity index (χ3n) is 5.22. The van der Waals surface area contributed by atoms with Crippen molar-refractivity contribution in [1.82, 2.24) is 14.6 Å². The summed E-state index contributed by atoms with van der Waals surface area (Å²) in [6.07, 6.45) is 3.01. The van der Waals surface area contributed by atoms with Crippen LogP contribution >= 0.6 is 0 Å². The lowest BCUT2D eigenvalue weighted by atomic mass is 10.0. The molecule has 0 unspecified atom stereocenters. The number of carbonyl (C=O) groups is 1. The topological polar surface area (TPSA) is 79.4 Å². The smallest absolute Gasteiger partial charge is 0.251 e. The van der Waals surface area contributed by atoms with Crippen molar-refractivity contribution in [2.24, 2.45) is 0 Å². The van der Waals surface area contributed by atoms with E-state index in [9.17, 15) is 13.2 Å². The molecule has 1 N–H and O–H groups in total. The van der Waals surface area contributed by atoms with Crippen LogP contribution in [0.1, 0.15) is 27.2 Å². The summed E-state index contributed by atoms with van der Waals surface area (Å²) in [5.41, 5.74) is 3.43. The molecule has 2 heterocycles. The number of sulfonamides is 1. The number of rotatable bonds is 6. The molecule has 6 nitrogen and oxygen atoms in total. The number of nitrogens with zero attached hydrogens (tertiary/aromatic N) is 2. The number of carbonyl (C=O) groups excluding carboxylic acids is 1. The fraction of sp³-hybridized carbons (Fsp3) is 0.217. The van der Waals surface area contributed by atoms with Crippen LogP contribution in [-0.2, 0) is 29.4 Å². The summed E-state index contributed by atoms with van der Waals surface area (Å²) in [5.74, 6) is -0.299. The second-order valence-electron chi connectivity index (χ2n) is 7.21. The lowest BCUT2D eigenvalue weighted by Gasteiger charge is -2.28. The standard InChI is InChI=1S/C23H23N3O3S/c27-23(25-14-11-21-9-3-4-13-24-21)19-8-5-10-22(16-19)30(28,29)26-15-12-18-6-1-2-7-20(18)17-26/h1-10,13,16H,11-12,14-15,17H2,(H,25,27). The Bertz CT molecular complexity index is 1150. The molecule has 0 atom stereocenters. The zero-order valence-electron chi connectivity index (χ0n) is 16.5. The van der Waals surface area contributed by atoms with Crippen molar-refractivity contribution in [3.63, 3.8) is 0 Å². The minimum Gasteiger partial charge on any atom is -0.352 e. The molecular weight excluding hydrogens is 398 g/mol. The van der Waals surface area contributed by atoms with Gasteiger partial charge in [0, 0.05) is 43.5 Å². The summed E-state index contributed by atoms with van der Waals surface area (Å²) in [5, 5.41) is 2.83. The van der Waals surface area contributed by atoms with Crippen molar-refractivity contribution in [2.45, 2.75) is 24.3 Å². The molecule has 0 saturated heterocycles. The minimum atomic E-state index is -3.68. The average Bonchev–Trinajstić information content (AvgIpc) is 2.79. The minimum absolute atomic E-state index is 0.138. The van der Waals surface area contributed by atoms with Gasteiger partial charge in [0.2, 0.25) is 10.0 Å². The fourth-order valence-electron chi connectivity index (χ4n) is 3.57. The van der Waals surface area contributed by atoms with Crippen LogP contribution in [0.15, 0.2) is 77.8 Å². The first-order chi connectivity index (χ1) is 14.5. The van der Waals surface area contributed by atoms with E-state index in [0.717, 1.165) is 11.3 Å². The van der Waals surface area contributed by atoms with Gasteiger partial charge in [0.05, 0.1) is 4.90 Å². The van der Waals surface area contributed by atoms with Crippen molar-refractivity contribution < 1.29 is 13.2 Å². The van der Waals surface area contributed by atoms with E-state index >= 15 is 0 Å². The molecule has 1 aliphatic heterocycles. The maximum Gasteiger partial charge on any atom is 0.251 e. The number of nitrogens with one attached hydrogen (secondary N) is 1. The van der Waals surface area contributed by atoms with E-state index in [-0.39, 0.29) is 10.8 Å². The highest BCUT2D eigenvalue weighted by Crippen LogP contribution is 2.25. The van der Waals surface area contributed by atoms with Gasteiger partial charge in [0.25, 0.3) is 5.91 Å². The molecule has 1 amide bonds. The number of hydrogen-bond acceptors (Lipinski definition) is 4. The molecule has 4 rings (SSSR count). The lowest BCUT2D eigenvalue weighted by molar-refractivity contribution is 0.0954. The zero-order valence-corrected chi connectivity index (χ0v) is 17.3. The highest BCUT2D eigenvalue weighted by atomic mass is 32.2. The summed E-state index contributed by atoms with van der Waals surface area (Å²) in [6, 6.07) is 19.8. The summed E-state index contributed by atoms with van der Waals surface area (Å²) < 4.78 is 27.8. The van der Waals surface area contributed by atoms with Gasteiger partial charge in [-0.15, -0.1) is 0 Å². The molecule has 154 valence electrons. The van der Waals surface area contributed by atoms with Gasteiger partial charge in [-0.05, 0) is 47.9 Å². The van der Waals surface area contributed by atoms with Gasteiger partial charge in [-0.1, -0.05) is 36.4 Å². The van der Waals surface area contributed by atoms with Crippen molar-refractivity contribution in [3.8, 4) is 0 Å². The van der Waals surface area contributed by atoms with Gasteiger partial charge in [0.1, 0.15) is 0 Å². The van der Waals surface area contributed by atoms with Gasteiger partial charge < -0.3 is 5.32 Å². The van der Waals surface area contributed by atoms with E-state index in [1.807, 2.05) is 42.5 Å². The maximum atomic E-state index is 13.2. The second kappa shape index (κ2) is 8.77. The predicted octanol–water partition coefficient (Wildman–Crippen LogP) is 2.80. The fourth-order valence-corrected chi connectivity index (χ4v) is 5.04. The molecule has 0 fully saturated rings. The van der Waals surface area contributed by atoms with Gasteiger partial charge in [-0.2, -0.15) is 4.31 Å². The van der Waals surface area contributed by atoms with E-state index in [4.69, 9.17) is 0 Å². The van der Waals surface area contributed by atoms with Crippen LogP contribution < -0.4 is 5.32 Å². The molecule has 0 spiro atoms. The average molecular weight is 422 g/mol. The summed E-state index contributed by atoms with van der Waals surface area (Å²) in [7, 11) is -3.68. The maximum absolute atomic E-state index is 13.2. The van der Waals surface area contributed by atoms with E-state index in [1.165, 1.54) is 15.9 Å². The summed E-state index contributed by atoms with van der Waals surface area (Å²) in [4.78, 5) is 16.9. The van der Waals surface area contributed by atoms with E-state index in [1.54, 1.807) is 24.4 Å². The van der Waals surface area contributed by atoms with Crippen molar-refractivity contribution in [1.29, 1.82) is 0 Å². The van der Waals surface area contributed by atoms with Gasteiger partial charge in [-0.3, -0.25) is 9.78 Å². The number of benzene rings is 2. The summed E-state index contributed by atoms with van der Waals surface area (Å²) >= 11 is 0. The Hall–Kier alpha value is -3.03. The molecule has 0 radical (unpaired) electrons. The second-order valence-corrected chi connectivity index (χ2v) is 9.15. The SMILES string of the molecule is O=C(NCCc1ccccn1)c1cccc(S(=O)(=O)N2CCc3ccccc3C2)c1. The molecule has 0 bridgehead atoms. The molecule has 1 aliphatic rings. The van der Waals surface area contributed by atoms with Crippen LogP contribution in [0.4, 0.5) is 0 Å². The van der Waals surface area contributed by atoms with Crippen LogP contribution in [0.5, 0.6) is 0 Å². The van der Waals surface area contributed by atoms with Gasteiger partial charge >= 0.3 is 0 Å². The zero-order chi connectivity index (χ0) is 21.0. The Kier molecular flexibility index (Phi) is 5.92. The number of fused-ring (bicyclic) bond motifs is 1. The van der Waals surface area contributed by atoms with E-state index < -0.39 is 10.0 Å². The molecule has 1 aromatic heterocycles. The quantitative estimate of drug-likeness (QED) is 0.664. The third-order valence-corrected chi connectivity index (χ3v) is 7.06. The van der Waals surface area contributed by atoms with Crippen molar-refractivity contribution in [2.75, 3.05) is 13.1 Å².